The zero-order valence-corrected chi connectivity index (χ0v) is 11.6. The number of hydrogen-bond donors (Lipinski definition) is 1. The molecular formula is C14H24N2O2. The first-order valence-corrected chi connectivity index (χ1v) is 6.82. The van der Waals surface area contributed by atoms with Crippen LogP contribution >= 0.6 is 0 Å². The minimum absolute atomic E-state index is 0.200. The van der Waals surface area contributed by atoms with Crippen molar-refractivity contribution in [1.82, 2.24) is 9.78 Å². The third-order valence-electron chi connectivity index (χ3n) is 4.13. The molecular weight excluding hydrogens is 228 g/mol. The average Bonchev–Trinajstić information content (AvgIpc) is 2.97. The van der Waals surface area contributed by atoms with E-state index in [1.54, 1.807) is 14.0 Å². The summed E-state index contributed by atoms with van der Waals surface area (Å²) in [5.41, 5.74) is 0.0691. The van der Waals surface area contributed by atoms with Gasteiger partial charge < -0.3 is 9.84 Å². The van der Waals surface area contributed by atoms with Gasteiger partial charge in [-0.3, -0.25) is 4.68 Å². The Kier molecular flexibility index (Phi) is 4.07. The molecule has 0 amide bonds. The predicted octanol–water partition coefficient (Wildman–Crippen LogP) is 2.33. The fourth-order valence-electron chi connectivity index (χ4n) is 2.61. The van der Waals surface area contributed by atoms with Crippen LogP contribution in [0.3, 0.4) is 0 Å². The maximum atomic E-state index is 10.3. The van der Waals surface area contributed by atoms with Gasteiger partial charge in [0.2, 0.25) is 0 Å². The molecule has 1 aromatic rings. The number of aliphatic hydroxyl groups is 1. The zero-order chi connectivity index (χ0) is 13.2. The lowest BCUT2D eigenvalue weighted by Gasteiger charge is -2.28. The third kappa shape index (κ3) is 2.93. The lowest BCUT2D eigenvalue weighted by Crippen LogP contribution is -2.40. The minimum Gasteiger partial charge on any atom is -0.387 e. The van der Waals surface area contributed by atoms with E-state index in [0.29, 0.717) is 12.5 Å². The molecule has 2 unspecified atom stereocenters. The van der Waals surface area contributed by atoms with E-state index in [1.807, 2.05) is 19.2 Å². The van der Waals surface area contributed by atoms with Crippen molar-refractivity contribution in [3.63, 3.8) is 0 Å². The first kappa shape index (κ1) is 13.6. The molecule has 1 fully saturated rings. The smallest absolute Gasteiger partial charge is 0.0933 e. The molecule has 1 saturated carbocycles. The van der Waals surface area contributed by atoms with E-state index in [4.69, 9.17) is 4.74 Å². The molecule has 4 heteroatoms. The summed E-state index contributed by atoms with van der Waals surface area (Å²) in [6.07, 6.45) is 7.43. The Bertz CT molecular complexity index is 381. The summed E-state index contributed by atoms with van der Waals surface area (Å²) in [6, 6.07) is 2.57. The van der Waals surface area contributed by atoms with E-state index < -0.39 is 5.60 Å². The van der Waals surface area contributed by atoms with Crippen LogP contribution in [0, 0.1) is 0 Å². The van der Waals surface area contributed by atoms with E-state index >= 15 is 0 Å². The zero-order valence-electron chi connectivity index (χ0n) is 11.6. The van der Waals surface area contributed by atoms with Crippen molar-refractivity contribution in [3.05, 3.63) is 18.0 Å². The van der Waals surface area contributed by atoms with Crippen molar-refractivity contribution in [2.45, 2.75) is 63.7 Å². The summed E-state index contributed by atoms with van der Waals surface area (Å²) in [6.45, 7) is 3.68. The van der Waals surface area contributed by atoms with Crippen LogP contribution < -0.4 is 0 Å². The van der Waals surface area contributed by atoms with Gasteiger partial charge in [0.05, 0.1) is 23.4 Å². The Hall–Kier alpha value is -0.870. The Labute approximate surface area is 109 Å². The topological polar surface area (TPSA) is 47.3 Å². The highest BCUT2D eigenvalue weighted by Gasteiger charge is 2.30. The average molecular weight is 252 g/mol. The van der Waals surface area contributed by atoms with Crippen LogP contribution in [0.25, 0.3) is 0 Å². The molecule has 1 aliphatic carbocycles. The molecule has 1 N–H and O–H groups in total. The molecule has 0 aromatic carbocycles. The van der Waals surface area contributed by atoms with Gasteiger partial charge in [-0.2, -0.15) is 5.10 Å². The van der Waals surface area contributed by atoms with Crippen LogP contribution in [0.1, 0.15) is 51.3 Å². The lowest BCUT2D eigenvalue weighted by molar-refractivity contribution is -0.0721. The summed E-state index contributed by atoms with van der Waals surface area (Å²) in [4.78, 5) is 0. The molecule has 4 nitrogen and oxygen atoms in total. The summed E-state index contributed by atoms with van der Waals surface area (Å²) in [5.74, 6) is 0. The van der Waals surface area contributed by atoms with E-state index in [1.165, 1.54) is 25.7 Å². The molecule has 18 heavy (non-hydrogen) atoms. The second kappa shape index (κ2) is 5.41. The van der Waals surface area contributed by atoms with Crippen molar-refractivity contribution in [2.75, 3.05) is 7.11 Å². The number of ether oxygens (including phenoxy) is 1. The van der Waals surface area contributed by atoms with E-state index in [2.05, 4.69) is 9.78 Å². The molecule has 1 aromatic heterocycles. The van der Waals surface area contributed by atoms with Crippen LogP contribution in [0.5, 0.6) is 0 Å². The summed E-state index contributed by atoms with van der Waals surface area (Å²) in [5, 5.41) is 14.9. The number of aromatic nitrogens is 2. The highest BCUT2D eigenvalue weighted by Crippen LogP contribution is 2.29. The number of methoxy groups -OCH3 is 1. The normalized spacial score (nSPS) is 22.0. The van der Waals surface area contributed by atoms with Gasteiger partial charge in [0.15, 0.2) is 0 Å². The van der Waals surface area contributed by atoms with Gasteiger partial charge in [0, 0.05) is 19.7 Å². The van der Waals surface area contributed by atoms with Gasteiger partial charge in [-0.15, -0.1) is 0 Å². The summed E-state index contributed by atoms with van der Waals surface area (Å²) >= 11 is 0. The van der Waals surface area contributed by atoms with Crippen molar-refractivity contribution in [1.29, 1.82) is 0 Å². The van der Waals surface area contributed by atoms with Crippen LogP contribution in [-0.2, 0) is 11.2 Å². The number of rotatable bonds is 5. The van der Waals surface area contributed by atoms with E-state index in [0.717, 1.165) is 5.69 Å². The van der Waals surface area contributed by atoms with Crippen LogP contribution in [0.4, 0.5) is 0 Å². The second-order valence-electron chi connectivity index (χ2n) is 5.64. The van der Waals surface area contributed by atoms with Gasteiger partial charge in [-0.1, -0.05) is 12.8 Å². The predicted molar refractivity (Wildman–Crippen MR) is 70.5 cm³/mol. The van der Waals surface area contributed by atoms with Crippen LogP contribution in [0.2, 0.25) is 0 Å². The van der Waals surface area contributed by atoms with Gasteiger partial charge in [-0.05, 0) is 32.8 Å². The fourth-order valence-corrected chi connectivity index (χ4v) is 2.61. The van der Waals surface area contributed by atoms with Gasteiger partial charge in [0.25, 0.3) is 0 Å². The molecule has 0 spiro atoms. The number of nitrogens with zero attached hydrogens (tertiary/aromatic N) is 2. The standard InChI is InChI=1S/C14H24N2O2/c1-11(18-3)14(2,17)10-12-8-9-16(15-12)13-6-4-5-7-13/h8-9,11,13,17H,4-7,10H2,1-3H3. The molecule has 1 heterocycles. The Morgan fingerprint density at radius 1 is 1.56 bits per heavy atom. The van der Waals surface area contributed by atoms with Crippen LogP contribution in [-0.4, -0.2) is 33.7 Å². The molecule has 0 bridgehead atoms. The Morgan fingerprint density at radius 2 is 2.22 bits per heavy atom. The second-order valence-corrected chi connectivity index (χ2v) is 5.64. The highest BCUT2D eigenvalue weighted by molar-refractivity contribution is 5.05. The van der Waals surface area contributed by atoms with E-state index in [-0.39, 0.29) is 6.10 Å². The first-order chi connectivity index (χ1) is 8.53. The van der Waals surface area contributed by atoms with Gasteiger partial charge in [-0.25, -0.2) is 0 Å². The van der Waals surface area contributed by atoms with Crippen molar-refractivity contribution in [3.8, 4) is 0 Å². The molecule has 2 atom stereocenters. The van der Waals surface area contributed by atoms with Crippen molar-refractivity contribution in [2.24, 2.45) is 0 Å². The molecule has 0 aliphatic heterocycles. The van der Waals surface area contributed by atoms with Gasteiger partial charge >= 0.3 is 0 Å². The first-order valence-electron chi connectivity index (χ1n) is 6.82. The minimum atomic E-state index is -0.871. The lowest BCUT2D eigenvalue weighted by atomic mass is 9.94. The molecule has 2 rings (SSSR count). The van der Waals surface area contributed by atoms with Crippen LogP contribution in [0.15, 0.2) is 12.3 Å². The molecule has 0 saturated heterocycles. The summed E-state index contributed by atoms with van der Waals surface area (Å²) in [7, 11) is 1.62. The monoisotopic (exact) mass is 252 g/mol. The van der Waals surface area contributed by atoms with E-state index in [9.17, 15) is 5.11 Å². The van der Waals surface area contributed by atoms with Crippen molar-refractivity contribution >= 4 is 0 Å². The summed E-state index contributed by atoms with van der Waals surface area (Å²) < 4.78 is 7.27. The Morgan fingerprint density at radius 3 is 2.83 bits per heavy atom. The molecule has 102 valence electrons. The Balaban J connectivity index is 2.01. The third-order valence-corrected chi connectivity index (χ3v) is 4.13. The molecule has 0 radical (unpaired) electrons. The van der Waals surface area contributed by atoms with Gasteiger partial charge in [0.1, 0.15) is 0 Å². The fraction of sp³-hybridized carbons (Fsp3) is 0.786. The largest absolute Gasteiger partial charge is 0.387 e. The maximum Gasteiger partial charge on any atom is 0.0933 e. The highest BCUT2D eigenvalue weighted by atomic mass is 16.5. The molecule has 1 aliphatic rings. The maximum absolute atomic E-state index is 10.3. The van der Waals surface area contributed by atoms with Crippen molar-refractivity contribution < 1.29 is 9.84 Å². The quantitative estimate of drug-likeness (QED) is 0.875. The SMILES string of the molecule is COC(C)C(C)(O)Cc1ccn(C2CCCC2)n1. The number of hydrogen-bond acceptors (Lipinski definition) is 3.